The molecule has 1 aromatic heterocycles. The molecule has 1 N–H and O–H groups in total. The number of nitrogens with one attached hydrogen (secondary N) is 1. The summed E-state index contributed by atoms with van der Waals surface area (Å²) >= 11 is 6.51. The molecule has 1 heterocycles. The first-order chi connectivity index (χ1) is 14.1. The lowest BCUT2D eigenvalue weighted by Gasteiger charge is -2.26. The molecule has 0 bridgehead atoms. The first-order valence-electron chi connectivity index (χ1n) is 8.85. The average Bonchev–Trinajstić information content (AvgIpc) is 3.04. The van der Waals surface area contributed by atoms with Gasteiger partial charge in [-0.1, -0.05) is 12.1 Å². The normalized spacial score (nSPS) is 12.2. The number of rotatable bonds is 4. The van der Waals surface area contributed by atoms with Gasteiger partial charge in [0, 0.05) is 11.7 Å². The number of carbonyl (C=O) groups excluding carboxylic acids is 1. The van der Waals surface area contributed by atoms with Crippen LogP contribution in [0.15, 0.2) is 48.0 Å². The van der Waals surface area contributed by atoms with Crippen LogP contribution in [0.25, 0.3) is 16.3 Å². The van der Waals surface area contributed by atoms with Crippen LogP contribution in [0.5, 0.6) is 0 Å². The molecule has 1 amide bonds. The van der Waals surface area contributed by atoms with E-state index < -0.39 is 17.6 Å². The molecule has 154 valence electrons. The molecule has 0 aliphatic rings. The smallest absolute Gasteiger partial charge is 0.337 e. The zero-order valence-electron chi connectivity index (χ0n) is 15.9. The molecule has 0 aliphatic carbocycles. The van der Waals surface area contributed by atoms with Gasteiger partial charge in [0.15, 0.2) is 3.95 Å². The summed E-state index contributed by atoms with van der Waals surface area (Å²) in [5.74, 6) is -0.594. The van der Waals surface area contributed by atoms with Gasteiger partial charge in [-0.2, -0.15) is 18.4 Å². The van der Waals surface area contributed by atoms with Crippen molar-refractivity contribution < 1.29 is 18.0 Å². The van der Waals surface area contributed by atoms with E-state index >= 15 is 0 Å². The van der Waals surface area contributed by atoms with Crippen LogP contribution in [0.3, 0.4) is 0 Å². The van der Waals surface area contributed by atoms with E-state index in [4.69, 9.17) is 12.2 Å². The van der Waals surface area contributed by atoms with E-state index in [-0.39, 0.29) is 17.2 Å². The number of hydrogen-bond acceptors (Lipinski definition) is 4. The van der Waals surface area contributed by atoms with Crippen LogP contribution in [0.2, 0.25) is 0 Å². The molecule has 4 nitrogen and oxygen atoms in total. The lowest BCUT2D eigenvalue weighted by molar-refractivity contribution is -0.137. The van der Waals surface area contributed by atoms with Gasteiger partial charge in [-0.05, 0) is 68.0 Å². The van der Waals surface area contributed by atoms with E-state index in [0.29, 0.717) is 9.64 Å². The molecule has 9 heteroatoms. The molecule has 0 saturated carbocycles. The molecule has 0 fully saturated rings. The van der Waals surface area contributed by atoms with Gasteiger partial charge < -0.3 is 9.88 Å². The standard InChI is InChI=1S/C21H16F3N3OS2/c1-12(2)27(16-6-7-17-18(10-16)30-20(29)26-17)19(28)14(11-25)8-13-4-3-5-15(9-13)21(22,23)24/h3-10,12H,1-2H3,(H,26,29)/b14-8-. The summed E-state index contributed by atoms with van der Waals surface area (Å²) in [6, 6.07) is 11.3. The predicted octanol–water partition coefficient (Wildman–Crippen LogP) is 6.33. The Hall–Kier alpha value is -2.96. The second kappa shape index (κ2) is 8.42. The van der Waals surface area contributed by atoms with Crippen molar-refractivity contribution >= 4 is 51.4 Å². The van der Waals surface area contributed by atoms with E-state index in [1.807, 2.05) is 6.07 Å². The Balaban J connectivity index is 2.02. The number of carbonyl (C=O) groups is 1. The highest BCUT2D eigenvalue weighted by molar-refractivity contribution is 7.73. The van der Waals surface area contributed by atoms with Crippen LogP contribution < -0.4 is 4.90 Å². The maximum absolute atomic E-state index is 13.1. The van der Waals surface area contributed by atoms with Gasteiger partial charge in [0.2, 0.25) is 0 Å². The van der Waals surface area contributed by atoms with Crippen molar-refractivity contribution in [3.63, 3.8) is 0 Å². The van der Waals surface area contributed by atoms with E-state index in [1.165, 1.54) is 34.4 Å². The third-order valence-electron chi connectivity index (χ3n) is 4.29. The van der Waals surface area contributed by atoms with Crippen molar-refractivity contribution in [2.45, 2.75) is 26.1 Å². The Morgan fingerprint density at radius 1 is 1.27 bits per heavy atom. The first-order valence-corrected chi connectivity index (χ1v) is 10.1. The van der Waals surface area contributed by atoms with Gasteiger partial charge in [-0.15, -0.1) is 11.3 Å². The molecule has 0 radical (unpaired) electrons. The number of thiazole rings is 1. The fraction of sp³-hybridized carbons (Fsp3) is 0.190. The highest BCUT2D eigenvalue weighted by Crippen LogP contribution is 2.31. The summed E-state index contributed by atoms with van der Waals surface area (Å²) in [7, 11) is 0. The number of hydrogen-bond donors (Lipinski definition) is 1. The zero-order chi connectivity index (χ0) is 22.1. The highest BCUT2D eigenvalue weighted by Gasteiger charge is 2.30. The molecule has 0 unspecified atom stereocenters. The van der Waals surface area contributed by atoms with Gasteiger partial charge in [0.25, 0.3) is 5.91 Å². The fourth-order valence-corrected chi connectivity index (χ4v) is 4.13. The quantitative estimate of drug-likeness (QED) is 0.289. The number of aromatic amines is 1. The van der Waals surface area contributed by atoms with Crippen LogP contribution in [-0.2, 0) is 11.0 Å². The van der Waals surface area contributed by atoms with Gasteiger partial charge in [-0.25, -0.2) is 0 Å². The number of H-pyrrole nitrogens is 1. The number of nitrogens with zero attached hydrogens (tertiary/aromatic N) is 2. The Bertz CT molecular complexity index is 1230. The van der Waals surface area contributed by atoms with Crippen LogP contribution in [-0.4, -0.2) is 16.9 Å². The number of fused-ring (bicyclic) bond motifs is 1. The lowest BCUT2D eigenvalue weighted by atomic mass is 10.1. The number of alkyl halides is 3. The van der Waals surface area contributed by atoms with E-state index in [1.54, 1.807) is 32.0 Å². The Kier molecular flexibility index (Phi) is 6.10. The second-order valence-electron chi connectivity index (χ2n) is 6.76. The summed E-state index contributed by atoms with van der Waals surface area (Å²) in [5.41, 5.74) is 0.422. The minimum atomic E-state index is -4.51. The minimum absolute atomic E-state index is 0.123. The van der Waals surface area contributed by atoms with Gasteiger partial charge in [0.05, 0.1) is 15.8 Å². The third kappa shape index (κ3) is 4.61. The van der Waals surface area contributed by atoms with Crippen molar-refractivity contribution in [2.75, 3.05) is 4.90 Å². The molecule has 3 rings (SSSR count). The molecule has 2 aromatic carbocycles. The first kappa shape index (κ1) is 21.7. The summed E-state index contributed by atoms with van der Waals surface area (Å²) < 4.78 is 40.3. The molecule has 30 heavy (non-hydrogen) atoms. The summed E-state index contributed by atoms with van der Waals surface area (Å²) in [6.45, 7) is 3.58. The van der Waals surface area contributed by atoms with Crippen molar-refractivity contribution in [1.82, 2.24) is 4.98 Å². The van der Waals surface area contributed by atoms with Crippen molar-refractivity contribution in [1.29, 1.82) is 5.26 Å². The lowest BCUT2D eigenvalue weighted by Crippen LogP contribution is -2.37. The number of anilines is 1. The Morgan fingerprint density at radius 3 is 2.63 bits per heavy atom. The van der Waals surface area contributed by atoms with Gasteiger partial charge >= 0.3 is 6.18 Å². The van der Waals surface area contributed by atoms with Crippen LogP contribution >= 0.6 is 23.6 Å². The largest absolute Gasteiger partial charge is 0.416 e. The van der Waals surface area contributed by atoms with Crippen molar-refractivity contribution in [3.8, 4) is 6.07 Å². The molecular weight excluding hydrogens is 431 g/mol. The van der Waals surface area contributed by atoms with E-state index in [2.05, 4.69) is 4.98 Å². The Labute approximate surface area is 179 Å². The van der Waals surface area contributed by atoms with Gasteiger partial charge in [-0.3, -0.25) is 4.79 Å². The summed E-state index contributed by atoms with van der Waals surface area (Å²) in [5, 5.41) is 9.53. The fourth-order valence-electron chi connectivity index (χ4n) is 2.98. The maximum Gasteiger partial charge on any atom is 0.416 e. The molecular formula is C21H16F3N3OS2. The van der Waals surface area contributed by atoms with Crippen molar-refractivity contribution in [3.05, 3.63) is 63.1 Å². The van der Waals surface area contributed by atoms with Crippen LogP contribution in [0, 0.1) is 15.3 Å². The molecule has 0 spiro atoms. The van der Waals surface area contributed by atoms with Gasteiger partial charge in [0.1, 0.15) is 11.6 Å². The van der Waals surface area contributed by atoms with E-state index in [0.717, 1.165) is 22.3 Å². The average molecular weight is 448 g/mol. The minimum Gasteiger partial charge on any atom is -0.337 e. The number of amides is 1. The Morgan fingerprint density at radius 2 is 2.00 bits per heavy atom. The summed E-state index contributed by atoms with van der Waals surface area (Å²) in [6.07, 6.45) is -3.34. The van der Waals surface area contributed by atoms with Crippen LogP contribution in [0.4, 0.5) is 18.9 Å². The zero-order valence-corrected chi connectivity index (χ0v) is 17.6. The third-order valence-corrected chi connectivity index (χ3v) is 5.49. The summed E-state index contributed by atoms with van der Waals surface area (Å²) in [4.78, 5) is 17.6. The number of aromatic nitrogens is 1. The molecule has 0 atom stereocenters. The molecule has 3 aromatic rings. The number of benzene rings is 2. The molecule has 0 aliphatic heterocycles. The SMILES string of the molecule is CC(C)N(C(=O)/C(C#N)=C\c1cccc(C(F)(F)F)c1)c1ccc2[nH]c(=S)sc2c1. The van der Waals surface area contributed by atoms with Crippen molar-refractivity contribution in [2.24, 2.45) is 0 Å². The highest BCUT2D eigenvalue weighted by atomic mass is 32.1. The number of nitriles is 1. The predicted molar refractivity (Wildman–Crippen MR) is 115 cm³/mol. The van der Waals surface area contributed by atoms with E-state index in [9.17, 15) is 23.2 Å². The second-order valence-corrected chi connectivity index (χ2v) is 8.48. The monoisotopic (exact) mass is 447 g/mol. The van der Waals surface area contributed by atoms with Crippen LogP contribution in [0.1, 0.15) is 25.0 Å². The maximum atomic E-state index is 13.1. The topological polar surface area (TPSA) is 59.9 Å². The number of halogens is 3. The molecule has 0 saturated heterocycles.